The topological polar surface area (TPSA) is 88.5 Å². The lowest BCUT2D eigenvalue weighted by atomic mass is 10.1. The third-order valence-corrected chi connectivity index (χ3v) is 3.08. The molecule has 0 aliphatic rings. The number of ether oxygens (including phenoxy) is 1. The Morgan fingerprint density at radius 2 is 2.00 bits per heavy atom. The summed E-state index contributed by atoms with van der Waals surface area (Å²) in [5.74, 6) is -1.12. The molecule has 0 bridgehead atoms. The number of aromatic nitrogens is 1. The van der Waals surface area contributed by atoms with E-state index in [4.69, 9.17) is 4.74 Å². The number of benzene rings is 1. The molecule has 0 saturated carbocycles. The van der Waals surface area contributed by atoms with Gasteiger partial charge in [-0.25, -0.2) is 9.59 Å². The molecule has 1 aromatic carbocycles. The van der Waals surface area contributed by atoms with Gasteiger partial charge in [0.05, 0.1) is 5.52 Å². The number of hydrogen-bond donors (Lipinski definition) is 2. The number of hydrogen-bond acceptors (Lipinski definition) is 4. The number of fused-ring (bicyclic) bond motifs is 1. The smallest absolute Gasteiger partial charge is 0.408 e. The molecule has 1 heterocycles. The number of carbonyl (C=O) groups excluding carboxylic acids is 1. The first-order chi connectivity index (χ1) is 10.7. The highest BCUT2D eigenvalue weighted by Crippen LogP contribution is 2.14. The average Bonchev–Trinajstić information content (AvgIpc) is 2.44. The molecule has 0 spiro atoms. The zero-order valence-electron chi connectivity index (χ0n) is 13.4. The van der Waals surface area contributed by atoms with Crippen molar-refractivity contribution in [1.29, 1.82) is 0 Å². The van der Waals surface area contributed by atoms with E-state index in [9.17, 15) is 14.7 Å². The minimum Gasteiger partial charge on any atom is -0.480 e. The van der Waals surface area contributed by atoms with Crippen LogP contribution >= 0.6 is 0 Å². The zero-order chi connectivity index (χ0) is 17.0. The third-order valence-electron chi connectivity index (χ3n) is 3.08. The van der Waals surface area contributed by atoms with Crippen molar-refractivity contribution in [3.05, 3.63) is 42.1 Å². The van der Waals surface area contributed by atoms with Crippen LogP contribution in [-0.4, -0.2) is 33.8 Å². The van der Waals surface area contributed by atoms with Gasteiger partial charge in [0.15, 0.2) is 0 Å². The summed E-state index contributed by atoms with van der Waals surface area (Å²) in [6.45, 7) is 5.15. The Morgan fingerprint density at radius 3 is 2.65 bits per heavy atom. The van der Waals surface area contributed by atoms with E-state index in [0.29, 0.717) is 0 Å². The standard InChI is InChI=1S/C17H20N2O4/c1-17(2,3)23-16(22)19-14(15(20)21)9-11-8-12-6-4-5-7-13(12)18-10-11/h4-8,10,14H,9H2,1-3H3,(H,19,22)(H,20,21)/t14-/m0/s1. The van der Waals surface area contributed by atoms with E-state index < -0.39 is 23.7 Å². The van der Waals surface area contributed by atoms with Crippen LogP contribution in [0.1, 0.15) is 26.3 Å². The number of carbonyl (C=O) groups is 2. The molecule has 0 aliphatic heterocycles. The van der Waals surface area contributed by atoms with Crippen LogP contribution in [0.5, 0.6) is 0 Å². The quantitative estimate of drug-likeness (QED) is 0.905. The minimum atomic E-state index is -1.12. The van der Waals surface area contributed by atoms with Crippen LogP contribution in [0.4, 0.5) is 4.79 Å². The first kappa shape index (κ1) is 16.7. The van der Waals surface area contributed by atoms with Crippen molar-refractivity contribution in [1.82, 2.24) is 10.3 Å². The highest BCUT2D eigenvalue weighted by Gasteiger charge is 2.24. The van der Waals surface area contributed by atoms with E-state index >= 15 is 0 Å². The van der Waals surface area contributed by atoms with Crippen molar-refractivity contribution in [3.63, 3.8) is 0 Å². The summed E-state index contributed by atoms with van der Waals surface area (Å²) < 4.78 is 5.10. The van der Waals surface area contributed by atoms with Crippen molar-refractivity contribution in [2.24, 2.45) is 0 Å². The minimum absolute atomic E-state index is 0.131. The van der Waals surface area contributed by atoms with Gasteiger partial charge in [-0.15, -0.1) is 0 Å². The normalized spacial score (nSPS) is 12.7. The molecular formula is C17H20N2O4. The van der Waals surface area contributed by atoms with Gasteiger partial charge in [-0.2, -0.15) is 0 Å². The molecule has 2 aromatic rings. The zero-order valence-corrected chi connectivity index (χ0v) is 13.4. The van der Waals surface area contributed by atoms with Crippen molar-refractivity contribution >= 4 is 23.0 Å². The van der Waals surface area contributed by atoms with Gasteiger partial charge in [-0.1, -0.05) is 18.2 Å². The predicted molar refractivity (Wildman–Crippen MR) is 86.2 cm³/mol. The lowest BCUT2D eigenvalue weighted by molar-refractivity contribution is -0.139. The molecule has 2 rings (SSSR count). The maximum absolute atomic E-state index is 11.8. The summed E-state index contributed by atoms with van der Waals surface area (Å²) in [7, 11) is 0. The Kier molecular flexibility index (Phi) is 4.83. The van der Waals surface area contributed by atoms with Crippen molar-refractivity contribution in [2.45, 2.75) is 38.8 Å². The number of nitrogens with zero attached hydrogens (tertiary/aromatic N) is 1. The van der Waals surface area contributed by atoms with Gasteiger partial charge in [-0.3, -0.25) is 4.98 Å². The Morgan fingerprint density at radius 1 is 1.30 bits per heavy atom. The molecule has 1 amide bonds. The maximum Gasteiger partial charge on any atom is 0.408 e. The monoisotopic (exact) mass is 316 g/mol. The van der Waals surface area contributed by atoms with Crippen molar-refractivity contribution < 1.29 is 19.4 Å². The molecule has 0 aliphatic carbocycles. The van der Waals surface area contributed by atoms with Gasteiger partial charge in [0, 0.05) is 18.0 Å². The number of carboxylic acids is 1. The Balaban J connectivity index is 2.11. The number of alkyl carbamates (subject to hydrolysis) is 1. The van der Waals surface area contributed by atoms with Crippen molar-refractivity contribution in [3.8, 4) is 0 Å². The number of para-hydroxylation sites is 1. The fourth-order valence-corrected chi connectivity index (χ4v) is 2.11. The lowest BCUT2D eigenvalue weighted by Crippen LogP contribution is -2.44. The summed E-state index contributed by atoms with van der Waals surface area (Å²) in [5, 5.41) is 12.6. The maximum atomic E-state index is 11.8. The van der Waals surface area contributed by atoms with Crippen molar-refractivity contribution in [2.75, 3.05) is 0 Å². The number of carboxylic acid groups (broad SMARTS) is 1. The first-order valence-corrected chi connectivity index (χ1v) is 7.30. The number of rotatable bonds is 4. The molecule has 122 valence electrons. The summed E-state index contributed by atoms with van der Waals surface area (Å²) in [4.78, 5) is 27.4. The molecule has 6 nitrogen and oxygen atoms in total. The van der Waals surface area contributed by atoms with Crippen LogP contribution in [0.2, 0.25) is 0 Å². The fourth-order valence-electron chi connectivity index (χ4n) is 2.11. The second-order valence-corrected chi connectivity index (χ2v) is 6.28. The van der Waals surface area contributed by atoms with Gasteiger partial charge >= 0.3 is 12.1 Å². The van der Waals surface area contributed by atoms with Gasteiger partial charge in [0.25, 0.3) is 0 Å². The SMILES string of the molecule is CC(C)(C)OC(=O)N[C@@H](Cc1cnc2ccccc2c1)C(=O)O. The summed E-state index contributed by atoms with van der Waals surface area (Å²) >= 11 is 0. The highest BCUT2D eigenvalue weighted by atomic mass is 16.6. The van der Waals surface area contributed by atoms with E-state index in [2.05, 4.69) is 10.3 Å². The molecule has 1 aromatic heterocycles. The van der Waals surface area contributed by atoms with Crippen LogP contribution in [0.3, 0.4) is 0 Å². The number of amides is 1. The summed E-state index contributed by atoms with van der Waals surface area (Å²) in [5.41, 5.74) is 0.882. The predicted octanol–water partition coefficient (Wildman–Crippen LogP) is 2.76. The molecular weight excluding hydrogens is 296 g/mol. The Labute approximate surface area is 134 Å². The fraction of sp³-hybridized carbons (Fsp3) is 0.353. The van der Waals surface area contributed by atoms with E-state index in [1.54, 1.807) is 27.0 Å². The molecule has 2 N–H and O–H groups in total. The second-order valence-electron chi connectivity index (χ2n) is 6.28. The second kappa shape index (κ2) is 6.64. The van der Waals surface area contributed by atoms with E-state index in [1.807, 2.05) is 30.3 Å². The molecule has 0 fully saturated rings. The molecule has 0 saturated heterocycles. The number of nitrogens with one attached hydrogen (secondary N) is 1. The van der Waals surface area contributed by atoms with E-state index in [0.717, 1.165) is 16.5 Å². The van der Waals surface area contributed by atoms with Crippen LogP contribution in [0.15, 0.2) is 36.5 Å². The Hall–Kier alpha value is -2.63. The van der Waals surface area contributed by atoms with Gasteiger partial charge in [-0.05, 0) is 38.5 Å². The van der Waals surface area contributed by atoms with Gasteiger partial charge in [0.1, 0.15) is 11.6 Å². The number of pyridine rings is 1. The average molecular weight is 316 g/mol. The van der Waals surface area contributed by atoms with Crippen LogP contribution in [0, 0.1) is 0 Å². The third kappa shape index (κ3) is 4.95. The molecule has 0 radical (unpaired) electrons. The molecule has 0 unspecified atom stereocenters. The highest BCUT2D eigenvalue weighted by molar-refractivity contribution is 5.81. The van der Waals surface area contributed by atoms with Crippen LogP contribution < -0.4 is 5.32 Å². The molecule has 23 heavy (non-hydrogen) atoms. The lowest BCUT2D eigenvalue weighted by Gasteiger charge is -2.22. The van der Waals surface area contributed by atoms with E-state index in [-0.39, 0.29) is 6.42 Å². The van der Waals surface area contributed by atoms with E-state index in [1.165, 1.54) is 0 Å². The molecule has 6 heteroatoms. The summed E-state index contributed by atoms with van der Waals surface area (Å²) in [6, 6.07) is 8.36. The number of aliphatic carboxylic acids is 1. The largest absolute Gasteiger partial charge is 0.480 e. The van der Waals surface area contributed by atoms with Crippen LogP contribution in [0.25, 0.3) is 10.9 Å². The summed E-state index contributed by atoms with van der Waals surface area (Å²) in [6.07, 6.45) is 1.00. The van der Waals surface area contributed by atoms with Gasteiger partial charge < -0.3 is 15.2 Å². The Bertz CT molecular complexity index is 722. The first-order valence-electron chi connectivity index (χ1n) is 7.30. The van der Waals surface area contributed by atoms with Crippen LogP contribution in [-0.2, 0) is 16.0 Å². The molecule has 1 atom stereocenters. The van der Waals surface area contributed by atoms with Gasteiger partial charge in [0.2, 0.25) is 0 Å².